The zero-order valence-corrected chi connectivity index (χ0v) is 18.8. The standard InChI is InChI=1S/C25H24N6S/c1-29(2)18-10-12-19(13-11-18)31-24(23(28-25(31)32)21-8-3-4-15-27-21)22-9-6-16-30(22)20-7-5-14-26-17-20/h3-17,23-24H,1-2H3,(H,28,32)/t23-,24-/m0/s1. The molecule has 0 saturated carbocycles. The molecule has 1 aliphatic rings. The Labute approximate surface area is 193 Å². The SMILES string of the molecule is CN(C)c1ccc(N2C(=S)N[C@@H](c3ccccn3)[C@@H]2c2cccn2-c2cccnc2)cc1. The van der Waals surface area contributed by atoms with Gasteiger partial charge in [0.15, 0.2) is 5.11 Å². The predicted octanol–water partition coefficient (Wildman–Crippen LogP) is 4.51. The summed E-state index contributed by atoms with van der Waals surface area (Å²) in [5.41, 5.74) is 5.25. The summed E-state index contributed by atoms with van der Waals surface area (Å²) in [6.45, 7) is 0. The number of thiocarbonyl (C=S) groups is 1. The molecule has 2 atom stereocenters. The van der Waals surface area contributed by atoms with Gasteiger partial charge in [-0.25, -0.2) is 0 Å². The quantitative estimate of drug-likeness (QED) is 0.461. The highest BCUT2D eigenvalue weighted by Gasteiger charge is 2.42. The number of anilines is 2. The van der Waals surface area contributed by atoms with Gasteiger partial charge in [-0.3, -0.25) is 9.97 Å². The summed E-state index contributed by atoms with van der Waals surface area (Å²) < 4.78 is 2.17. The summed E-state index contributed by atoms with van der Waals surface area (Å²) in [4.78, 5) is 13.2. The van der Waals surface area contributed by atoms with Gasteiger partial charge in [-0.05, 0) is 72.9 Å². The normalized spacial score (nSPS) is 17.9. The number of aromatic nitrogens is 3. The van der Waals surface area contributed by atoms with Gasteiger partial charge in [0.05, 0.1) is 23.6 Å². The van der Waals surface area contributed by atoms with Crippen LogP contribution in [-0.2, 0) is 0 Å². The molecule has 1 saturated heterocycles. The second-order valence-corrected chi connectivity index (χ2v) is 8.31. The molecule has 4 heterocycles. The molecule has 1 fully saturated rings. The number of nitrogens with zero attached hydrogens (tertiary/aromatic N) is 5. The molecule has 0 amide bonds. The van der Waals surface area contributed by atoms with Crippen LogP contribution in [0.5, 0.6) is 0 Å². The first kappa shape index (κ1) is 20.2. The van der Waals surface area contributed by atoms with Crippen LogP contribution in [0.2, 0.25) is 0 Å². The molecule has 1 aliphatic heterocycles. The number of nitrogens with one attached hydrogen (secondary N) is 1. The van der Waals surface area contributed by atoms with Crippen LogP contribution in [0.25, 0.3) is 5.69 Å². The molecule has 0 aliphatic carbocycles. The van der Waals surface area contributed by atoms with E-state index in [1.54, 1.807) is 6.20 Å². The fourth-order valence-corrected chi connectivity index (χ4v) is 4.56. The molecule has 0 spiro atoms. The number of hydrogen-bond donors (Lipinski definition) is 1. The van der Waals surface area contributed by atoms with Crippen molar-refractivity contribution in [3.05, 3.63) is 103 Å². The third kappa shape index (κ3) is 3.61. The molecule has 32 heavy (non-hydrogen) atoms. The van der Waals surface area contributed by atoms with E-state index in [2.05, 4.69) is 78.3 Å². The number of hydrogen-bond acceptors (Lipinski definition) is 4. The monoisotopic (exact) mass is 440 g/mol. The van der Waals surface area contributed by atoms with Crippen LogP contribution < -0.4 is 15.1 Å². The van der Waals surface area contributed by atoms with Crippen molar-refractivity contribution in [2.75, 3.05) is 23.9 Å². The van der Waals surface area contributed by atoms with Crippen molar-refractivity contribution >= 4 is 28.7 Å². The molecule has 5 rings (SSSR count). The molecule has 0 bridgehead atoms. The van der Waals surface area contributed by atoms with Gasteiger partial charge in [-0.15, -0.1) is 0 Å². The molecule has 0 radical (unpaired) electrons. The molecule has 6 nitrogen and oxygen atoms in total. The highest BCUT2D eigenvalue weighted by Crippen LogP contribution is 2.42. The first-order valence-corrected chi connectivity index (χ1v) is 10.9. The lowest BCUT2D eigenvalue weighted by atomic mass is 10.0. The van der Waals surface area contributed by atoms with Crippen LogP contribution in [0.3, 0.4) is 0 Å². The van der Waals surface area contributed by atoms with E-state index in [1.807, 2.05) is 50.8 Å². The average molecular weight is 441 g/mol. The van der Waals surface area contributed by atoms with E-state index in [0.717, 1.165) is 28.5 Å². The Balaban J connectivity index is 1.64. The van der Waals surface area contributed by atoms with Crippen LogP contribution in [0, 0.1) is 0 Å². The summed E-state index contributed by atoms with van der Waals surface area (Å²) in [5.74, 6) is 0. The molecule has 7 heteroatoms. The van der Waals surface area contributed by atoms with E-state index in [0.29, 0.717) is 5.11 Å². The van der Waals surface area contributed by atoms with Crippen molar-refractivity contribution in [1.29, 1.82) is 0 Å². The van der Waals surface area contributed by atoms with Crippen molar-refractivity contribution in [3.63, 3.8) is 0 Å². The fourth-order valence-electron chi connectivity index (χ4n) is 4.21. The molecular weight excluding hydrogens is 416 g/mol. The number of rotatable bonds is 5. The number of pyridine rings is 2. The highest BCUT2D eigenvalue weighted by atomic mass is 32.1. The Morgan fingerprint density at radius 3 is 2.44 bits per heavy atom. The van der Waals surface area contributed by atoms with E-state index < -0.39 is 0 Å². The third-order valence-corrected chi connectivity index (χ3v) is 6.06. The zero-order valence-electron chi connectivity index (χ0n) is 18.0. The molecule has 1 N–H and O–H groups in total. The van der Waals surface area contributed by atoms with Crippen molar-refractivity contribution in [1.82, 2.24) is 19.9 Å². The maximum absolute atomic E-state index is 5.85. The minimum atomic E-state index is -0.0949. The van der Waals surface area contributed by atoms with E-state index >= 15 is 0 Å². The Kier molecular flexibility index (Phi) is 5.33. The van der Waals surface area contributed by atoms with Gasteiger partial charge in [0, 0.05) is 49.8 Å². The minimum absolute atomic E-state index is 0.0854. The Hall–Kier alpha value is -3.71. The Morgan fingerprint density at radius 1 is 0.906 bits per heavy atom. The van der Waals surface area contributed by atoms with Crippen molar-refractivity contribution in [3.8, 4) is 5.69 Å². The Morgan fingerprint density at radius 2 is 1.75 bits per heavy atom. The average Bonchev–Trinajstić information content (AvgIpc) is 3.44. The van der Waals surface area contributed by atoms with Gasteiger partial charge in [0.2, 0.25) is 0 Å². The number of benzene rings is 1. The molecule has 4 aromatic rings. The highest BCUT2D eigenvalue weighted by molar-refractivity contribution is 7.80. The van der Waals surface area contributed by atoms with Gasteiger partial charge in [-0.2, -0.15) is 0 Å². The maximum Gasteiger partial charge on any atom is 0.174 e. The first-order valence-electron chi connectivity index (χ1n) is 10.5. The van der Waals surface area contributed by atoms with Crippen LogP contribution in [0.4, 0.5) is 11.4 Å². The van der Waals surface area contributed by atoms with Crippen LogP contribution in [0.15, 0.2) is 91.5 Å². The van der Waals surface area contributed by atoms with Gasteiger partial charge in [0.25, 0.3) is 0 Å². The summed E-state index contributed by atoms with van der Waals surface area (Å²) in [6.07, 6.45) is 7.55. The largest absolute Gasteiger partial charge is 0.378 e. The van der Waals surface area contributed by atoms with E-state index in [4.69, 9.17) is 12.2 Å². The lowest BCUT2D eigenvalue weighted by molar-refractivity contribution is 0.549. The summed E-state index contributed by atoms with van der Waals surface area (Å²) >= 11 is 5.85. The third-order valence-electron chi connectivity index (χ3n) is 5.75. The van der Waals surface area contributed by atoms with Gasteiger partial charge in [-0.1, -0.05) is 6.07 Å². The van der Waals surface area contributed by atoms with Crippen molar-refractivity contribution < 1.29 is 0 Å². The smallest absolute Gasteiger partial charge is 0.174 e. The maximum atomic E-state index is 5.85. The van der Waals surface area contributed by atoms with E-state index in [-0.39, 0.29) is 12.1 Å². The lowest BCUT2D eigenvalue weighted by Crippen LogP contribution is -2.30. The lowest BCUT2D eigenvalue weighted by Gasteiger charge is -2.29. The van der Waals surface area contributed by atoms with E-state index in [9.17, 15) is 0 Å². The van der Waals surface area contributed by atoms with Crippen molar-refractivity contribution in [2.45, 2.75) is 12.1 Å². The van der Waals surface area contributed by atoms with E-state index in [1.165, 1.54) is 0 Å². The first-order chi connectivity index (χ1) is 15.6. The molecule has 160 valence electrons. The topological polar surface area (TPSA) is 49.2 Å². The fraction of sp³-hybridized carbons (Fsp3) is 0.160. The summed E-state index contributed by atoms with van der Waals surface area (Å²) in [5, 5.41) is 4.21. The Bertz CT molecular complexity index is 1200. The predicted molar refractivity (Wildman–Crippen MR) is 132 cm³/mol. The van der Waals surface area contributed by atoms with Crippen LogP contribution >= 0.6 is 12.2 Å². The second kappa shape index (κ2) is 8.43. The summed E-state index contributed by atoms with van der Waals surface area (Å²) in [7, 11) is 4.08. The van der Waals surface area contributed by atoms with Crippen molar-refractivity contribution in [2.24, 2.45) is 0 Å². The van der Waals surface area contributed by atoms with Crippen LogP contribution in [-0.4, -0.2) is 33.7 Å². The molecule has 3 aromatic heterocycles. The molecule has 0 unspecified atom stereocenters. The molecular formula is C25H24N6S. The van der Waals surface area contributed by atoms with Gasteiger partial charge >= 0.3 is 0 Å². The van der Waals surface area contributed by atoms with Crippen LogP contribution in [0.1, 0.15) is 23.5 Å². The van der Waals surface area contributed by atoms with Gasteiger partial charge < -0.3 is 19.7 Å². The van der Waals surface area contributed by atoms with Gasteiger partial charge in [0.1, 0.15) is 6.04 Å². The molecule has 1 aromatic carbocycles. The summed E-state index contributed by atoms with van der Waals surface area (Å²) in [6, 6.07) is 22.5. The minimum Gasteiger partial charge on any atom is -0.378 e. The zero-order chi connectivity index (χ0) is 22.1. The second-order valence-electron chi connectivity index (χ2n) is 7.92.